The van der Waals surface area contributed by atoms with Crippen LogP contribution in [0, 0.1) is 0 Å². The number of anilines is 2. The fourth-order valence-corrected chi connectivity index (χ4v) is 2.35. The van der Waals surface area contributed by atoms with Gasteiger partial charge in [0, 0.05) is 11.4 Å². The number of halogens is 3. The molecule has 0 aromatic heterocycles. The second-order valence-corrected chi connectivity index (χ2v) is 6.22. The highest BCUT2D eigenvalue weighted by Crippen LogP contribution is 2.23. The number of para-hydroxylation sites is 1. The molecule has 0 spiro atoms. The second kappa shape index (κ2) is 9.23. The van der Waals surface area contributed by atoms with Gasteiger partial charge in [0.25, 0.3) is 11.8 Å². The number of alkyl halides is 3. The lowest BCUT2D eigenvalue weighted by molar-refractivity contribution is -0.885. The van der Waals surface area contributed by atoms with Crippen molar-refractivity contribution in [3.05, 3.63) is 54.6 Å². The van der Waals surface area contributed by atoms with E-state index in [-0.39, 0.29) is 24.1 Å². The predicted octanol–water partition coefficient (Wildman–Crippen LogP) is 2.07. The summed E-state index contributed by atoms with van der Waals surface area (Å²) in [6.45, 7) is 1.70. The number of quaternary nitrogens is 1. The molecular formula is C19H21F3N3O3+. The molecule has 2 atom stereocenters. The number of ether oxygens (including phenoxy) is 1. The van der Waals surface area contributed by atoms with Gasteiger partial charge in [-0.15, -0.1) is 13.2 Å². The van der Waals surface area contributed by atoms with Crippen molar-refractivity contribution in [1.29, 1.82) is 0 Å². The molecule has 0 saturated heterocycles. The Hall–Kier alpha value is -3.07. The minimum atomic E-state index is -4.77. The molecule has 2 rings (SSSR count). The van der Waals surface area contributed by atoms with Gasteiger partial charge in [-0.3, -0.25) is 9.59 Å². The van der Waals surface area contributed by atoms with Crippen LogP contribution in [0.2, 0.25) is 0 Å². The first-order valence-electron chi connectivity index (χ1n) is 8.48. The van der Waals surface area contributed by atoms with Gasteiger partial charge in [-0.2, -0.15) is 0 Å². The molecule has 9 heteroatoms. The van der Waals surface area contributed by atoms with E-state index in [0.29, 0.717) is 16.3 Å². The van der Waals surface area contributed by atoms with E-state index in [2.05, 4.69) is 15.4 Å². The average molecular weight is 396 g/mol. The van der Waals surface area contributed by atoms with Crippen LogP contribution in [0.4, 0.5) is 24.5 Å². The Morgan fingerprint density at radius 2 is 1.57 bits per heavy atom. The number of carbonyl (C=O) groups excluding carboxylic acids is 2. The van der Waals surface area contributed by atoms with Crippen molar-refractivity contribution in [2.45, 2.75) is 19.3 Å². The third-order valence-corrected chi connectivity index (χ3v) is 3.98. The number of hydrogen-bond donors (Lipinski definition) is 3. The Kier molecular flexibility index (Phi) is 7.00. The quantitative estimate of drug-likeness (QED) is 0.671. The topological polar surface area (TPSA) is 71.9 Å². The lowest BCUT2D eigenvalue weighted by Crippen LogP contribution is -3.14. The summed E-state index contributed by atoms with van der Waals surface area (Å²) in [7, 11) is 1.70. The van der Waals surface area contributed by atoms with Crippen LogP contribution in [0.25, 0.3) is 0 Å². The van der Waals surface area contributed by atoms with Gasteiger partial charge in [0.2, 0.25) is 0 Å². The van der Waals surface area contributed by atoms with Crippen molar-refractivity contribution in [3.8, 4) is 5.75 Å². The molecule has 0 bridgehead atoms. The van der Waals surface area contributed by atoms with Gasteiger partial charge in [-0.1, -0.05) is 18.2 Å². The lowest BCUT2D eigenvalue weighted by atomic mass is 10.2. The van der Waals surface area contributed by atoms with Crippen LogP contribution < -0.4 is 20.3 Å². The maximum atomic E-state index is 12.3. The first-order chi connectivity index (χ1) is 13.1. The zero-order valence-electron chi connectivity index (χ0n) is 15.3. The zero-order valence-corrected chi connectivity index (χ0v) is 15.3. The van der Waals surface area contributed by atoms with E-state index in [9.17, 15) is 22.8 Å². The van der Waals surface area contributed by atoms with Gasteiger partial charge < -0.3 is 20.3 Å². The summed E-state index contributed by atoms with van der Waals surface area (Å²) in [4.78, 5) is 25.1. The zero-order chi connectivity index (χ0) is 20.7. The maximum absolute atomic E-state index is 12.3. The van der Waals surface area contributed by atoms with E-state index in [4.69, 9.17) is 0 Å². The highest BCUT2D eigenvalue weighted by molar-refractivity contribution is 5.94. The Labute approximate surface area is 160 Å². The molecule has 2 aromatic rings. The van der Waals surface area contributed by atoms with Crippen molar-refractivity contribution < 1.29 is 32.4 Å². The average Bonchev–Trinajstić information content (AvgIpc) is 2.62. The van der Waals surface area contributed by atoms with Crippen molar-refractivity contribution in [3.63, 3.8) is 0 Å². The van der Waals surface area contributed by atoms with Gasteiger partial charge in [0.1, 0.15) is 5.75 Å². The fraction of sp³-hybridized carbons (Fsp3) is 0.263. The number of nitrogens with one attached hydrogen (secondary N) is 3. The second-order valence-electron chi connectivity index (χ2n) is 6.22. The van der Waals surface area contributed by atoms with Crippen LogP contribution >= 0.6 is 0 Å². The SMILES string of the molecule is C[C@@H](C(=O)Nc1ccccc1)[NH+](C)CC(=O)Nc1ccc(OC(F)(F)F)cc1. The smallest absolute Gasteiger partial charge is 0.406 e. The summed E-state index contributed by atoms with van der Waals surface area (Å²) in [6.07, 6.45) is -4.77. The Morgan fingerprint density at radius 1 is 1.00 bits per heavy atom. The van der Waals surface area contributed by atoms with E-state index < -0.39 is 12.4 Å². The van der Waals surface area contributed by atoms with Crippen LogP contribution in [0.3, 0.4) is 0 Å². The van der Waals surface area contributed by atoms with E-state index >= 15 is 0 Å². The van der Waals surface area contributed by atoms with Gasteiger partial charge in [0.05, 0.1) is 7.05 Å². The van der Waals surface area contributed by atoms with Crippen molar-refractivity contribution in [1.82, 2.24) is 0 Å². The number of hydrogen-bond acceptors (Lipinski definition) is 3. The molecule has 0 fully saturated rings. The summed E-state index contributed by atoms with van der Waals surface area (Å²) < 4.78 is 40.2. The van der Waals surface area contributed by atoms with Crippen molar-refractivity contribution in [2.75, 3.05) is 24.2 Å². The molecule has 3 N–H and O–H groups in total. The molecule has 6 nitrogen and oxygen atoms in total. The van der Waals surface area contributed by atoms with Gasteiger partial charge in [-0.05, 0) is 43.3 Å². The molecule has 0 heterocycles. The van der Waals surface area contributed by atoms with Gasteiger partial charge >= 0.3 is 6.36 Å². The van der Waals surface area contributed by atoms with Crippen LogP contribution in [0.5, 0.6) is 5.75 Å². The Balaban J connectivity index is 1.85. The third-order valence-electron chi connectivity index (χ3n) is 3.98. The summed E-state index contributed by atoms with van der Waals surface area (Å²) >= 11 is 0. The molecular weight excluding hydrogens is 375 g/mol. The number of rotatable bonds is 7. The highest BCUT2D eigenvalue weighted by Gasteiger charge is 2.31. The Bertz CT molecular complexity index is 796. The number of amides is 2. The maximum Gasteiger partial charge on any atom is 0.573 e. The van der Waals surface area contributed by atoms with Crippen molar-refractivity contribution in [2.24, 2.45) is 0 Å². The summed E-state index contributed by atoms with van der Waals surface area (Å²) in [6, 6.07) is 13.3. The van der Waals surface area contributed by atoms with Crippen molar-refractivity contribution >= 4 is 23.2 Å². The minimum absolute atomic E-state index is 0.00415. The largest absolute Gasteiger partial charge is 0.573 e. The first-order valence-corrected chi connectivity index (χ1v) is 8.48. The van der Waals surface area contributed by atoms with E-state index in [1.54, 1.807) is 38.2 Å². The van der Waals surface area contributed by atoms with E-state index in [1.807, 2.05) is 6.07 Å². The van der Waals surface area contributed by atoms with Gasteiger partial charge in [-0.25, -0.2) is 0 Å². The molecule has 0 radical (unpaired) electrons. The van der Waals surface area contributed by atoms with E-state index in [0.717, 1.165) is 12.1 Å². The van der Waals surface area contributed by atoms with Crippen LogP contribution in [-0.2, 0) is 9.59 Å². The lowest BCUT2D eigenvalue weighted by Gasteiger charge is -2.20. The summed E-state index contributed by atoms with van der Waals surface area (Å²) in [5.74, 6) is -0.981. The standard InChI is InChI=1S/C19H20F3N3O3/c1-13(18(27)24-14-6-4-3-5-7-14)25(2)12-17(26)23-15-8-10-16(11-9-15)28-19(20,21)22/h3-11,13H,12H2,1-2H3,(H,23,26)(H,24,27)/p+1/t13-/m0/s1. The molecule has 0 aliphatic heterocycles. The monoisotopic (exact) mass is 396 g/mol. The van der Waals surface area contributed by atoms with Crippen LogP contribution in [-0.4, -0.2) is 37.8 Å². The van der Waals surface area contributed by atoms with Crippen LogP contribution in [0.15, 0.2) is 54.6 Å². The molecule has 1 unspecified atom stereocenters. The summed E-state index contributed by atoms with van der Waals surface area (Å²) in [5, 5.41) is 5.35. The summed E-state index contributed by atoms with van der Waals surface area (Å²) in [5.41, 5.74) is 0.992. The number of benzene rings is 2. The molecule has 0 saturated carbocycles. The molecule has 2 amide bonds. The normalized spacial score (nSPS) is 13.3. The molecule has 150 valence electrons. The van der Waals surface area contributed by atoms with Crippen LogP contribution in [0.1, 0.15) is 6.92 Å². The Morgan fingerprint density at radius 3 is 2.14 bits per heavy atom. The predicted molar refractivity (Wildman–Crippen MR) is 98.0 cm³/mol. The first kappa shape index (κ1) is 21.2. The highest BCUT2D eigenvalue weighted by atomic mass is 19.4. The minimum Gasteiger partial charge on any atom is -0.406 e. The molecule has 0 aliphatic carbocycles. The number of likely N-dealkylation sites (N-methyl/N-ethyl adjacent to an activating group) is 1. The fourth-order valence-electron chi connectivity index (χ4n) is 2.35. The van der Waals surface area contributed by atoms with E-state index in [1.165, 1.54) is 12.1 Å². The molecule has 0 aliphatic rings. The third kappa shape index (κ3) is 6.92. The number of carbonyl (C=O) groups is 2. The molecule has 28 heavy (non-hydrogen) atoms. The molecule has 2 aromatic carbocycles. The van der Waals surface area contributed by atoms with Gasteiger partial charge in [0.15, 0.2) is 12.6 Å².